The lowest BCUT2D eigenvalue weighted by molar-refractivity contribution is 0.286. The molecule has 0 saturated heterocycles. The van der Waals surface area contributed by atoms with Crippen LogP contribution in [-0.2, 0) is 0 Å². The van der Waals surface area contributed by atoms with E-state index >= 15 is 0 Å². The Morgan fingerprint density at radius 3 is 2.74 bits per heavy atom. The van der Waals surface area contributed by atoms with Crippen molar-refractivity contribution in [3.8, 4) is 11.5 Å². The molecule has 1 atom stereocenters. The van der Waals surface area contributed by atoms with Crippen LogP contribution in [0.3, 0.4) is 0 Å². The van der Waals surface area contributed by atoms with Crippen LogP contribution in [0.25, 0.3) is 0 Å². The van der Waals surface area contributed by atoms with Crippen molar-refractivity contribution in [3.63, 3.8) is 0 Å². The fourth-order valence-corrected chi connectivity index (χ4v) is 2.52. The van der Waals surface area contributed by atoms with E-state index in [1.165, 1.54) is 5.56 Å². The first-order valence-corrected chi connectivity index (χ1v) is 6.88. The number of halogens is 1. The van der Waals surface area contributed by atoms with Gasteiger partial charge in [0.1, 0.15) is 18.1 Å². The summed E-state index contributed by atoms with van der Waals surface area (Å²) in [4.78, 5) is 0. The van der Waals surface area contributed by atoms with Crippen molar-refractivity contribution in [1.29, 1.82) is 0 Å². The lowest BCUT2D eigenvalue weighted by atomic mass is 10.1. The first-order chi connectivity index (χ1) is 9.26. The van der Waals surface area contributed by atoms with E-state index in [1.807, 2.05) is 30.3 Å². The quantitative estimate of drug-likeness (QED) is 0.907. The van der Waals surface area contributed by atoms with E-state index in [9.17, 15) is 0 Å². The Bertz CT molecular complexity index is 583. The molecule has 1 heterocycles. The molecule has 3 nitrogen and oxygen atoms in total. The van der Waals surface area contributed by atoms with Gasteiger partial charge in [0.05, 0.1) is 18.8 Å². The topological polar surface area (TPSA) is 30.5 Å². The number of benzene rings is 2. The van der Waals surface area contributed by atoms with Gasteiger partial charge in [-0.25, -0.2) is 0 Å². The summed E-state index contributed by atoms with van der Waals surface area (Å²) in [6, 6.07) is 14.2. The van der Waals surface area contributed by atoms with Crippen molar-refractivity contribution < 1.29 is 9.47 Å². The molecule has 98 valence electrons. The van der Waals surface area contributed by atoms with Crippen molar-refractivity contribution in [2.75, 3.05) is 19.0 Å². The lowest BCUT2D eigenvalue weighted by Crippen LogP contribution is -2.23. The zero-order valence-corrected chi connectivity index (χ0v) is 12.1. The van der Waals surface area contributed by atoms with Crippen LogP contribution in [-0.4, -0.2) is 13.7 Å². The molecule has 0 fully saturated rings. The summed E-state index contributed by atoms with van der Waals surface area (Å²) in [5.74, 6) is 1.76. The molecule has 0 saturated carbocycles. The molecule has 1 aliphatic rings. The predicted molar refractivity (Wildman–Crippen MR) is 79.0 cm³/mol. The van der Waals surface area contributed by atoms with Crippen molar-refractivity contribution >= 4 is 21.6 Å². The average molecular weight is 320 g/mol. The molecule has 1 unspecified atom stereocenters. The van der Waals surface area contributed by atoms with Crippen LogP contribution in [0.2, 0.25) is 0 Å². The molecular formula is C15H14BrNO2. The average Bonchev–Trinajstić information content (AvgIpc) is 2.46. The molecule has 0 aliphatic carbocycles. The van der Waals surface area contributed by atoms with Crippen molar-refractivity contribution in [1.82, 2.24) is 0 Å². The summed E-state index contributed by atoms with van der Waals surface area (Å²) in [5.41, 5.74) is 2.20. The van der Waals surface area contributed by atoms with E-state index in [-0.39, 0.29) is 6.04 Å². The zero-order valence-electron chi connectivity index (χ0n) is 10.5. The normalized spacial score (nSPS) is 17.1. The van der Waals surface area contributed by atoms with Gasteiger partial charge in [0.2, 0.25) is 0 Å². The van der Waals surface area contributed by atoms with Gasteiger partial charge in [-0.05, 0) is 35.9 Å². The van der Waals surface area contributed by atoms with Crippen LogP contribution >= 0.6 is 15.9 Å². The maximum Gasteiger partial charge on any atom is 0.142 e. The Morgan fingerprint density at radius 1 is 1.21 bits per heavy atom. The number of ether oxygens (including phenoxy) is 2. The molecule has 2 aromatic rings. The Hall–Kier alpha value is -1.68. The minimum atomic E-state index is 0.160. The summed E-state index contributed by atoms with van der Waals surface area (Å²) < 4.78 is 12.0. The highest BCUT2D eigenvalue weighted by atomic mass is 79.9. The zero-order chi connectivity index (χ0) is 13.2. The summed E-state index contributed by atoms with van der Waals surface area (Å²) >= 11 is 3.47. The van der Waals surface area contributed by atoms with Crippen LogP contribution < -0.4 is 14.8 Å². The van der Waals surface area contributed by atoms with E-state index in [0.29, 0.717) is 6.61 Å². The summed E-state index contributed by atoms with van der Waals surface area (Å²) in [6.45, 7) is 0.626. The second-order valence-electron chi connectivity index (χ2n) is 4.42. The molecule has 2 aromatic carbocycles. The predicted octanol–water partition coefficient (Wildman–Crippen LogP) is 4.00. The third kappa shape index (κ3) is 2.54. The Kier molecular flexibility index (Phi) is 3.34. The smallest absolute Gasteiger partial charge is 0.142 e. The Morgan fingerprint density at radius 2 is 2.00 bits per heavy atom. The maximum atomic E-state index is 5.79. The van der Waals surface area contributed by atoms with Gasteiger partial charge in [-0.2, -0.15) is 0 Å². The van der Waals surface area contributed by atoms with Crippen molar-refractivity contribution in [2.45, 2.75) is 6.04 Å². The van der Waals surface area contributed by atoms with Crippen LogP contribution in [0.5, 0.6) is 11.5 Å². The summed E-state index contributed by atoms with van der Waals surface area (Å²) in [7, 11) is 1.67. The fraction of sp³-hybridized carbons (Fsp3) is 0.200. The third-order valence-electron chi connectivity index (χ3n) is 3.20. The van der Waals surface area contributed by atoms with E-state index < -0.39 is 0 Å². The number of hydrogen-bond acceptors (Lipinski definition) is 3. The van der Waals surface area contributed by atoms with E-state index in [0.717, 1.165) is 21.7 Å². The first-order valence-electron chi connectivity index (χ1n) is 6.09. The Labute approximate surface area is 120 Å². The SMILES string of the molecule is COc1ccc(C2COc3ccc(Br)cc3N2)cc1. The molecule has 0 radical (unpaired) electrons. The van der Waals surface area contributed by atoms with Gasteiger partial charge in [-0.15, -0.1) is 0 Å². The number of hydrogen-bond donors (Lipinski definition) is 1. The van der Waals surface area contributed by atoms with Gasteiger partial charge in [0.15, 0.2) is 0 Å². The van der Waals surface area contributed by atoms with Crippen molar-refractivity contribution in [3.05, 3.63) is 52.5 Å². The van der Waals surface area contributed by atoms with Gasteiger partial charge in [-0.3, -0.25) is 0 Å². The first kappa shape index (κ1) is 12.4. The summed E-state index contributed by atoms with van der Waals surface area (Å²) in [5, 5.41) is 3.50. The molecule has 1 N–H and O–H groups in total. The highest BCUT2D eigenvalue weighted by Crippen LogP contribution is 2.35. The molecule has 4 heteroatoms. The standard InChI is InChI=1S/C15H14BrNO2/c1-18-12-5-2-10(3-6-12)14-9-19-15-7-4-11(16)8-13(15)17-14/h2-8,14,17H,9H2,1H3. The van der Waals surface area contributed by atoms with Gasteiger partial charge in [-0.1, -0.05) is 28.1 Å². The van der Waals surface area contributed by atoms with Crippen LogP contribution in [0.15, 0.2) is 46.9 Å². The van der Waals surface area contributed by atoms with Gasteiger partial charge >= 0.3 is 0 Å². The number of nitrogens with one attached hydrogen (secondary N) is 1. The maximum absolute atomic E-state index is 5.79. The Balaban J connectivity index is 1.84. The number of fused-ring (bicyclic) bond motifs is 1. The molecule has 0 spiro atoms. The molecule has 3 rings (SSSR count). The van der Waals surface area contributed by atoms with Crippen LogP contribution in [0.1, 0.15) is 11.6 Å². The van der Waals surface area contributed by atoms with E-state index in [4.69, 9.17) is 9.47 Å². The number of anilines is 1. The van der Waals surface area contributed by atoms with Gasteiger partial charge in [0, 0.05) is 4.47 Å². The second-order valence-corrected chi connectivity index (χ2v) is 5.34. The molecule has 1 aliphatic heterocycles. The van der Waals surface area contributed by atoms with Gasteiger partial charge < -0.3 is 14.8 Å². The van der Waals surface area contributed by atoms with E-state index in [1.54, 1.807) is 7.11 Å². The highest BCUT2D eigenvalue weighted by Gasteiger charge is 2.20. The molecule has 0 aromatic heterocycles. The van der Waals surface area contributed by atoms with E-state index in [2.05, 4.69) is 33.4 Å². The molecule has 19 heavy (non-hydrogen) atoms. The minimum Gasteiger partial charge on any atom is -0.497 e. The minimum absolute atomic E-state index is 0.160. The third-order valence-corrected chi connectivity index (χ3v) is 3.69. The number of methoxy groups -OCH3 is 1. The highest BCUT2D eigenvalue weighted by molar-refractivity contribution is 9.10. The number of rotatable bonds is 2. The lowest BCUT2D eigenvalue weighted by Gasteiger charge is -2.28. The molecule has 0 amide bonds. The second kappa shape index (κ2) is 5.13. The molecule has 0 bridgehead atoms. The summed E-state index contributed by atoms with van der Waals surface area (Å²) in [6.07, 6.45) is 0. The largest absolute Gasteiger partial charge is 0.497 e. The van der Waals surface area contributed by atoms with Gasteiger partial charge in [0.25, 0.3) is 0 Å². The monoisotopic (exact) mass is 319 g/mol. The molecular weight excluding hydrogens is 306 g/mol. The van der Waals surface area contributed by atoms with Crippen LogP contribution in [0, 0.1) is 0 Å². The van der Waals surface area contributed by atoms with Crippen LogP contribution in [0.4, 0.5) is 5.69 Å². The fourth-order valence-electron chi connectivity index (χ4n) is 2.16. The van der Waals surface area contributed by atoms with Crippen molar-refractivity contribution in [2.24, 2.45) is 0 Å².